The first-order valence-corrected chi connectivity index (χ1v) is 3.27. The summed E-state index contributed by atoms with van der Waals surface area (Å²) < 4.78 is 0. The van der Waals surface area contributed by atoms with Gasteiger partial charge in [0.15, 0.2) is 0 Å². The van der Waals surface area contributed by atoms with E-state index in [1.165, 1.54) is 12.0 Å². The van der Waals surface area contributed by atoms with E-state index >= 15 is 0 Å². The molecular formula is C7H15N. The minimum atomic E-state index is 1.04. The summed E-state index contributed by atoms with van der Waals surface area (Å²) in [6.45, 7) is 9.97. The van der Waals surface area contributed by atoms with Gasteiger partial charge in [-0.25, -0.2) is 0 Å². The van der Waals surface area contributed by atoms with Crippen molar-refractivity contribution < 1.29 is 0 Å². The van der Waals surface area contributed by atoms with Crippen LogP contribution in [0.4, 0.5) is 0 Å². The Balaban J connectivity index is 0.000000222. The first kappa shape index (κ1) is 7.70. The second kappa shape index (κ2) is 4.85. The van der Waals surface area contributed by atoms with E-state index in [0.717, 1.165) is 13.1 Å². The third kappa shape index (κ3) is 2.80. The summed E-state index contributed by atoms with van der Waals surface area (Å²) >= 11 is 0. The molecule has 0 radical (unpaired) electrons. The predicted octanol–water partition coefficient (Wildman–Crippen LogP) is 1.56. The van der Waals surface area contributed by atoms with Crippen molar-refractivity contribution in [1.29, 1.82) is 0 Å². The van der Waals surface area contributed by atoms with E-state index in [1.54, 1.807) is 0 Å². The average Bonchev–Trinajstić information content (AvgIpc) is 2.24. The molecule has 0 amide bonds. The normalized spacial score (nSPS) is 17.5. The van der Waals surface area contributed by atoms with Gasteiger partial charge in [-0.05, 0) is 13.0 Å². The quantitative estimate of drug-likeness (QED) is 0.470. The first-order chi connectivity index (χ1) is 3.89. The Morgan fingerprint density at radius 3 is 2.25 bits per heavy atom. The molecule has 1 aliphatic heterocycles. The molecule has 0 aliphatic carbocycles. The predicted molar refractivity (Wildman–Crippen MR) is 38.0 cm³/mol. The fraction of sp³-hybridized carbons (Fsp3) is 0.714. The molecular weight excluding hydrogens is 98.1 g/mol. The molecule has 0 spiro atoms. The largest absolute Gasteiger partial charge is 0.313 e. The Morgan fingerprint density at radius 1 is 1.50 bits per heavy atom. The van der Waals surface area contributed by atoms with Gasteiger partial charge in [0, 0.05) is 6.54 Å². The second-order valence-electron chi connectivity index (χ2n) is 1.68. The number of hydrogen-bond donors (Lipinski definition) is 1. The summed E-state index contributed by atoms with van der Waals surface area (Å²) in [7, 11) is 0. The van der Waals surface area contributed by atoms with Crippen LogP contribution in [0.15, 0.2) is 12.2 Å². The highest BCUT2D eigenvalue weighted by Gasteiger charge is 1.99. The molecule has 1 fully saturated rings. The first-order valence-electron chi connectivity index (χ1n) is 3.27. The lowest BCUT2D eigenvalue weighted by molar-refractivity contribution is 0.862. The van der Waals surface area contributed by atoms with E-state index in [0.29, 0.717) is 0 Å². The van der Waals surface area contributed by atoms with Crippen LogP contribution in [0, 0.1) is 0 Å². The molecule has 0 atom stereocenters. The topological polar surface area (TPSA) is 12.0 Å². The number of rotatable bonds is 0. The Bertz CT molecular complexity index is 58.8. The molecule has 8 heavy (non-hydrogen) atoms. The molecule has 1 saturated heterocycles. The van der Waals surface area contributed by atoms with Gasteiger partial charge in [-0.3, -0.25) is 0 Å². The van der Waals surface area contributed by atoms with Gasteiger partial charge in [-0.1, -0.05) is 26.0 Å². The van der Waals surface area contributed by atoms with Crippen LogP contribution in [0.25, 0.3) is 0 Å². The summed E-state index contributed by atoms with van der Waals surface area (Å²) in [5, 5.41) is 3.17. The van der Waals surface area contributed by atoms with E-state index in [1.807, 2.05) is 13.8 Å². The molecule has 48 valence electrons. The van der Waals surface area contributed by atoms with E-state index in [4.69, 9.17) is 0 Å². The minimum absolute atomic E-state index is 1.04. The minimum Gasteiger partial charge on any atom is -0.313 e. The van der Waals surface area contributed by atoms with Crippen LogP contribution in [0.1, 0.15) is 20.3 Å². The molecule has 1 aliphatic rings. The molecule has 1 N–H and O–H groups in total. The maximum Gasteiger partial charge on any atom is 0.0162 e. The zero-order chi connectivity index (χ0) is 6.41. The van der Waals surface area contributed by atoms with Crippen LogP contribution in [0.2, 0.25) is 0 Å². The van der Waals surface area contributed by atoms with Crippen molar-refractivity contribution in [3.63, 3.8) is 0 Å². The smallest absolute Gasteiger partial charge is 0.0162 e. The Labute approximate surface area is 51.8 Å². The fourth-order valence-corrected chi connectivity index (χ4v) is 0.619. The van der Waals surface area contributed by atoms with Gasteiger partial charge in [0.1, 0.15) is 0 Å². The highest BCUT2D eigenvalue weighted by Crippen LogP contribution is 1.99. The third-order valence-corrected chi connectivity index (χ3v) is 1.03. The lowest BCUT2D eigenvalue weighted by Crippen LogP contribution is -2.04. The van der Waals surface area contributed by atoms with Gasteiger partial charge in [0.05, 0.1) is 0 Å². The molecule has 1 rings (SSSR count). The van der Waals surface area contributed by atoms with Crippen LogP contribution in [0.3, 0.4) is 0 Å². The van der Waals surface area contributed by atoms with Crippen molar-refractivity contribution in [2.75, 3.05) is 13.1 Å². The molecule has 0 aromatic rings. The molecule has 1 heterocycles. The van der Waals surface area contributed by atoms with Gasteiger partial charge in [0.25, 0.3) is 0 Å². The van der Waals surface area contributed by atoms with E-state index < -0.39 is 0 Å². The van der Waals surface area contributed by atoms with E-state index in [9.17, 15) is 0 Å². The fourth-order valence-electron chi connectivity index (χ4n) is 0.619. The van der Waals surface area contributed by atoms with Crippen LogP contribution in [-0.2, 0) is 0 Å². The summed E-state index contributed by atoms with van der Waals surface area (Å²) in [6.07, 6.45) is 1.18. The maximum atomic E-state index is 3.79. The third-order valence-electron chi connectivity index (χ3n) is 1.03. The standard InChI is InChI=1S/C5H9N.C2H6/c1-5-2-3-6-4-5;1-2/h6H,1-4H2;1-2H3. The Kier molecular flexibility index (Phi) is 4.67. The van der Waals surface area contributed by atoms with Crippen molar-refractivity contribution >= 4 is 0 Å². The lowest BCUT2D eigenvalue weighted by Gasteiger charge is -1.80. The Morgan fingerprint density at radius 2 is 2.12 bits per heavy atom. The zero-order valence-electron chi connectivity index (χ0n) is 5.83. The van der Waals surface area contributed by atoms with Gasteiger partial charge in [-0.2, -0.15) is 0 Å². The maximum absolute atomic E-state index is 3.79. The summed E-state index contributed by atoms with van der Waals surface area (Å²) in [6, 6.07) is 0. The van der Waals surface area contributed by atoms with Gasteiger partial charge in [-0.15, -0.1) is 0 Å². The molecule has 0 aromatic carbocycles. The monoisotopic (exact) mass is 113 g/mol. The van der Waals surface area contributed by atoms with Crippen LogP contribution >= 0.6 is 0 Å². The van der Waals surface area contributed by atoms with Crippen molar-refractivity contribution in [2.45, 2.75) is 20.3 Å². The molecule has 0 saturated carbocycles. The van der Waals surface area contributed by atoms with Crippen molar-refractivity contribution in [1.82, 2.24) is 5.32 Å². The van der Waals surface area contributed by atoms with Crippen LogP contribution in [-0.4, -0.2) is 13.1 Å². The zero-order valence-corrected chi connectivity index (χ0v) is 5.83. The van der Waals surface area contributed by atoms with Crippen molar-refractivity contribution in [2.24, 2.45) is 0 Å². The lowest BCUT2D eigenvalue weighted by atomic mass is 10.3. The number of nitrogens with one attached hydrogen (secondary N) is 1. The average molecular weight is 113 g/mol. The van der Waals surface area contributed by atoms with Gasteiger partial charge >= 0.3 is 0 Å². The SMILES string of the molecule is C=C1CCNC1.CC. The summed E-state index contributed by atoms with van der Waals surface area (Å²) in [5.74, 6) is 0. The van der Waals surface area contributed by atoms with Gasteiger partial charge < -0.3 is 5.32 Å². The molecule has 0 unspecified atom stereocenters. The van der Waals surface area contributed by atoms with Crippen LogP contribution in [0.5, 0.6) is 0 Å². The summed E-state index contributed by atoms with van der Waals surface area (Å²) in [4.78, 5) is 0. The number of hydrogen-bond acceptors (Lipinski definition) is 1. The van der Waals surface area contributed by atoms with E-state index in [-0.39, 0.29) is 0 Å². The highest BCUT2D eigenvalue weighted by molar-refractivity contribution is 5.01. The van der Waals surface area contributed by atoms with Crippen LogP contribution < -0.4 is 5.32 Å². The van der Waals surface area contributed by atoms with E-state index in [2.05, 4.69) is 11.9 Å². The molecule has 0 aromatic heterocycles. The molecule has 1 heteroatoms. The highest BCUT2D eigenvalue weighted by atomic mass is 14.9. The van der Waals surface area contributed by atoms with Gasteiger partial charge in [0.2, 0.25) is 0 Å². The summed E-state index contributed by atoms with van der Waals surface area (Å²) in [5.41, 5.74) is 1.34. The second-order valence-corrected chi connectivity index (χ2v) is 1.68. The van der Waals surface area contributed by atoms with Crippen molar-refractivity contribution in [3.05, 3.63) is 12.2 Å². The van der Waals surface area contributed by atoms with Crippen molar-refractivity contribution in [3.8, 4) is 0 Å². The Hall–Kier alpha value is -0.300. The molecule has 1 nitrogen and oxygen atoms in total. The molecule has 0 bridgehead atoms.